The van der Waals surface area contributed by atoms with Gasteiger partial charge in [-0.25, -0.2) is 0 Å². The molecule has 0 fully saturated rings. The normalized spacial score (nSPS) is 13.6. The summed E-state index contributed by atoms with van der Waals surface area (Å²) in [4.78, 5) is 12.4. The van der Waals surface area contributed by atoms with Crippen LogP contribution in [0.5, 0.6) is 0 Å². The van der Waals surface area contributed by atoms with E-state index in [1.807, 2.05) is 11.8 Å². The number of nitrogens with zero attached hydrogens (tertiary/aromatic N) is 1. The summed E-state index contributed by atoms with van der Waals surface area (Å²) in [6.07, 6.45) is 0. The predicted molar refractivity (Wildman–Crippen MR) is 55.2 cm³/mol. The van der Waals surface area contributed by atoms with Crippen LogP contribution in [0.3, 0.4) is 0 Å². The molecule has 0 amide bonds. The molecule has 0 saturated heterocycles. The SMILES string of the molecule is CC(C)CN(CC(=O)O)CC(C)CO. The fraction of sp³-hybridized carbons (Fsp3) is 0.900. The van der Waals surface area contributed by atoms with Gasteiger partial charge >= 0.3 is 5.97 Å². The van der Waals surface area contributed by atoms with E-state index in [4.69, 9.17) is 10.2 Å². The Hall–Kier alpha value is -0.610. The van der Waals surface area contributed by atoms with Gasteiger partial charge in [0, 0.05) is 19.7 Å². The van der Waals surface area contributed by atoms with Gasteiger partial charge in [-0.15, -0.1) is 0 Å². The Morgan fingerprint density at radius 3 is 2.21 bits per heavy atom. The highest BCUT2D eigenvalue weighted by Crippen LogP contribution is 2.03. The van der Waals surface area contributed by atoms with Gasteiger partial charge < -0.3 is 10.2 Å². The highest BCUT2D eigenvalue weighted by atomic mass is 16.4. The average molecular weight is 203 g/mol. The summed E-state index contributed by atoms with van der Waals surface area (Å²) >= 11 is 0. The van der Waals surface area contributed by atoms with Crippen LogP contribution in [0, 0.1) is 11.8 Å². The van der Waals surface area contributed by atoms with Gasteiger partial charge in [0.2, 0.25) is 0 Å². The van der Waals surface area contributed by atoms with Gasteiger partial charge in [-0.1, -0.05) is 20.8 Å². The maximum Gasteiger partial charge on any atom is 0.317 e. The van der Waals surface area contributed by atoms with Gasteiger partial charge in [0.15, 0.2) is 0 Å². The lowest BCUT2D eigenvalue weighted by Crippen LogP contribution is -2.36. The largest absolute Gasteiger partial charge is 0.480 e. The van der Waals surface area contributed by atoms with Crippen molar-refractivity contribution in [3.63, 3.8) is 0 Å². The number of rotatable bonds is 7. The van der Waals surface area contributed by atoms with Crippen LogP contribution in [-0.2, 0) is 4.79 Å². The van der Waals surface area contributed by atoms with Gasteiger partial charge in [-0.3, -0.25) is 9.69 Å². The minimum absolute atomic E-state index is 0.0581. The van der Waals surface area contributed by atoms with Crippen molar-refractivity contribution >= 4 is 5.97 Å². The van der Waals surface area contributed by atoms with Crippen LogP contribution in [0.2, 0.25) is 0 Å². The van der Waals surface area contributed by atoms with Crippen LogP contribution in [0.25, 0.3) is 0 Å². The van der Waals surface area contributed by atoms with Gasteiger partial charge in [0.25, 0.3) is 0 Å². The van der Waals surface area contributed by atoms with Gasteiger partial charge in [-0.05, 0) is 11.8 Å². The fourth-order valence-electron chi connectivity index (χ4n) is 1.41. The van der Waals surface area contributed by atoms with Crippen molar-refractivity contribution in [3.05, 3.63) is 0 Å². The highest BCUT2D eigenvalue weighted by Gasteiger charge is 2.13. The molecule has 0 aliphatic carbocycles. The molecular weight excluding hydrogens is 182 g/mol. The lowest BCUT2D eigenvalue weighted by atomic mass is 10.1. The van der Waals surface area contributed by atoms with Gasteiger partial charge in [0.1, 0.15) is 0 Å². The zero-order valence-electron chi connectivity index (χ0n) is 9.23. The topological polar surface area (TPSA) is 60.8 Å². The number of carboxylic acids is 1. The number of carboxylic acid groups (broad SMARTS) is 1. The van der Waals surface area contributed by atoms with E-state index < -0.39 is 5.97 Å². The molecule has 0 aromatic rings. The van der Waals surface area contributed by atoms with E-state index in [1.165, 1.54) is 0 Å². The zero-order chi connectivity index (χ0) is 11.1. The van der Waals surface area contributed by atoms with Crippen LogP contribution in [0.15, 0.2) is 0 Å². The van der Waals surface area contributed by atoms with Crippen molar-refractivity contribution in [2.24, 2.45) is 11.8 Å². The van der Waals surface area contributed by atoms with E-state index in [0.717, 1.165) is 6.54 Å². The van der Waals surface area contributed by atoms with E-state index >= 15 is 0 Å². The Balaban J connectivity index is 4.03. The number of carbonyl (C=O) groups is 1. The third-order valence-electron chi connectivity index (χ3n) is 1.86. The molecule has 1 atom stereocenters. The number of aliphatic carboxylic acids is 1. The minimum Gasteiger partial charge on any atom is -0.480 e. The molecule has 0 aromatic carbocycles. The minimum atomic E-state index is -0.809. The molecule has 84 valence electrons. The van der Waals surface area contributed by atoms with Crippen molar-refractivity contribution in [2.45, 2.75) is 20.8 Å². The third-order valence-corrected chi connectivity index (χ3v) is 1.86. The molecule has 0 radical (unpaired) electrons. The van der Waals surface area contributed by atoms with Crippen molar-refractivity contribution in [1.29, 1.82) is 0 Å². The number of aliphatic hydroxyl groups is 1. The average Bonchev–Trinajstić information content (AvgIpc) is 2.01. The van der Waals surface area contributed by atoms with E-state index in [-0.39, 0.29) is 19.1 Å². The summed E-state index contributed by atoms with van der Waals surface area (Å²) in [6, 6.07) is 0. The van der Waals surface area contributed by atoms with Crippen LogP contribution in [-0.4, -0.2) is 47.3 Å². The second kappa shape index (κ2) is 6.79. The Morgan fingerprint density at radius 2 is 1.86 bits per heavy atom. The van der Waals surface area contributed by atoms with Gasteiger partial charge in [-0.2, -0.15) is 0 Å². The quantitative estimate of drug-likeness (QED) is 0.638. The molecule has 0 aliphatic rings. The number of hydrogen-bond donors (Lipinski definition) is 2. The first-order valence-corrected chi connectivity index (χ1v) is 5.00. The van der Waals surface area contributed by atoms with E-state index in [9.17, 15) is 4.79 Å². The van der Waals surface area contributed by atoms with E-state index in [0.29, 0.717) is 12.5 Å². The molecule has 1 unspecified atom stereocenters. The molecule has 0 bridgehead atoms. The van der Waals surface area contributed by atoms with Crippen LogP contribution >= 0.6 is 0 Å². The molecule has 0 spiro atoms. The fourth-order valence-corrected chi connectivity index (χ4v) is 1.41. The molecule has 0 heterocycles. The first kappa shape index (κ1) is 13.4. The summed E-state index contributed by atoms with van der Waals surface area (Å²) in [5.41, 5.74) is 0. The number of hydrogen-bond acceptors (Lipinski definition) is 3. The first-order chi connectivity index (χ1) is 6.45. The molecule has 0 aliphatic heterocycles. The van der Waals surface area contributed by atoms with Crippen molar-refractivity contribution in [1.82, 2.24) is 4.90 Å². The smallest absolute Gasteiger partial charge is 0.317 e. The Morgan fingerprint density at radius 1 is 1.29 bits per heavy atom. The molecule has 2 N–H and O–H groups in total. The Labute approximate surface area is 85.5 Å². The summed E-state index contributed by atoms with van der Waals surface area (Å²) in [5.74, 6) is -0.232. The van der Waals surface area contributed by atoms with Crippen LogP contribution < -0.4 is 0 Å². The van der Waals surface area contributed by atoms with E-state index in [2.05, 4.69) is 13.8 Å². The molecule has 0 rings (SSSR count). The Bertz CT molecular complexity index is 171. The van der Waals surface area contributed by atoms with E-state index in [1.54, 1.807) is 0 Å². The van der Waals surface area contributed by atoms with Crippen LogP contribution in [0.4, 0.5) is 0 Å². The summed E-state index contributed by atoms with van der Waals surface area (Å²) in [6.45, 7) is 7.58. The lowest BCUT2D eigenvalue weighted by molar-refractivity contribution is -0.138. The van der Waals surface area contributed by atoms with Crippen molar-refractivity contribution < 1.29 is 15.0 Å². The van der Waals surface area contributed by atoms with Crippen molar-refractivity contribution in [2.75, 3.05) is 26.2 Å². The molecule has 4 heteroatoms. The number of aliphatic hydroxyl groups excluding tert-OH is 1. The molecule has 0 aromatic heterocycles. The molecular formula is C10H21NO3. The summed E-state index contributed by atoms with van der Waals surface area (Å²) < 4.78 is 0. The Kier molecular flexibility index (Phi) is 6.49. The molecule has 14 heavy (non-hydrogen) atoms. The standard InChI is InChI=1S/C10H21NO3/c1-8(2)4-11(6-10(13)14)5-9(3)7-12/h8-9,12H,4-7H2,1-3H3,(H,13,14). The first-order valence-electron chi connectivity index (χ1n) is 5.00. The van der Waals surface area contributed by atoms with Crippen LogP contribution in [0.1, 0.15) is 20.8 Å². The summed E-state index contributed by atoms with van der Waals surface area (Å²) in [5, 5.41) is 17.6. The second-order valence-corrected chi connectivity index (χ2v) is 4.27. The monoisotopic (exact) mass is 203 g/mol. The van der Waals surface area contributed by atoms with Crippen molar-refractivity contribution in [3.8, 4) is 0 Å². The lowest BCUT2D eigenvalue weighted by Gasteiger charge is -2.24. The maximum absolute atomic E-state index is 10.6. The maximum atomic E-state index is 10.6. The van der Waals surface area contributed by atoms with Gasteiger partial charge in [0.05, 0.1) is 6.54 Å². The third kappa shape index (κ3) is 6.86. The molecule has 0 saturated carbocycles. The zero-order valence-corrected chi connectivity index (χ0v) is 9.23. The molecule has 4 nitrogen and oxygen atoms in total. The second-order valence-electron chi connectivity index (χ2n) is 4.27. The predicted octanol–water partition coefficient (Wildman–Crippen LogP) is 0.657. The summed E-state index contributed by atoms with van der Waals surface area (Å²) in [7, 11) is 0. The highest BCUT2D eigenvalue weighted by molar-refractivity contribution is 5.69.